The molecule has 3 amide bonds. The molecule has 2 aromatic heterocycles. The second-order valence-corrected chi connectivity index (χ2v) is 16.6. The van der Waals surface area contributed by atoms with Crippen LogP contribution in [0.1, 0.15) is 76.6 Å². The van der Waals surface area contributed by atoms with Gasteiger partial charge >= 0.3 is 30.3 Å². The molecule has 4 heterocycles. The summed E-state index contributed by atoms with van der Waals surface area (Å²) in [5.74, 6) is -0.356. The summed E-state index contributed by atoms with van der Waals surface area (Å²) in [7, 11) is 2.87. The number of hydrogen-bond acceptors (Lipinski definition) is 14. The normalized spacial score (nSPS) is 15.6. The molecule has 0 unspecified atom stereocenters. The van der Waals surface area contributed by atoms with Gasteiger partial charge in [-0.1, -0.05) is 18.2 Å². The van der Waals surface area contributed by atoms with Crippen molar-refractivity contribution in [1.82, 2.24) is 24.6 Å². The van der Waals surface area contributed by atoms with E-state index in [1.165, 1.54) is 27.8 Å². The lowest BCUT2D eigenvalue weighted by Crippen LogP contribution is -2.50. The van der Waals surface area contributed by atoms with E-state index < -0.39 is 53.2 Å². The molecule has 0 saturated carbocycles. The highest BCUT2D eigenvalue weighted by atomic mass is 16.6. The summed E-state index contributed by atoms with van der Waals surface area (Å²) in [6, 6.07) is 5.45. The van der Waals surface area contributed by atoms with Gasteiger partial charge in [0.05, 0.1) is 45.3 Å². The van der Waals surface area contributed by atoms with Gasteiger partial charge in [0, 0.05) is 63.1 Å². The number of hydrogen-bond donors (Lipinski definition) is 1. The van der Waals surface area contributed by atoms with Gasteiger partial charge in [-0.3, -0.25) is 5.32 Å². The zero-order valence-corrected chi connectivity index (χ0v) is 35.8. The maximum atomic E-state index is 13.5. The predicted octanol–water partition coefficient (Wildman–Crippen LogP) is 6.21. The fraction of sp³-hybridized carbons (Fsp3) is 0.548. The van der Waals surface area contributed by atoms with Crippen LogP contribution >= 0.6 is 0 Å². The van der Waals surface area contributed by atoms with Crippen LogP contribution in [0.3, 0.4) is 0 Å². The van der Waals surface area contributed by atoms with Gasteiger partial charge in [-0.15, -0.1) is 0 Å². The van der Waals surface area contributed by atoms with Gasteiger partial charge in [-0.05, 0) is 77.3 Å². The van der Waals surface area contributed by atoms with Gasteiger partial charge in [0.25, 0.3) is 0 Å². The molecule has 1 saturated heterocycles. The van der Waals surface area contributed by atoms with Gasteiger partial charge in [-0.25, -0.2) is 29.0 Å². The third kappa shape index (κ3) is 11.9. The number of ether oxygens (including phenoxy) is 7. The number of carbonyl (C=O) groups excluding carboxylic acids is 5. The summed E-state index contributed by atoms with van der Waals surface area (Å²) in [4.78, 5) is 71.3. The minimum Gasteiger partial charge on any atom is -0.466 e. The Morgan fingerprint density at radius 2 is 1.67 bits per heavy atom. The molecule has 0 radical (unpaired) electrons. The number of pyridine rings is 1. The zero-order chi connectivity index (χ0) is 43.8. The molecule has 1 fully saturated rings. The Morgan fingerprint density at radius 1 is 0.967 bits per heavy atom. The Kier molecular flexibility index (Phi) is 14.4. The number of nitrogens with one attached hydrogen (secondary N) is 1. The number of aromatic nitrogens is 3. The third-order valence-electron chi connectivity index (χ3n) is 9.52. The largest absolute Gasteiger partial charge is 0.466 e. The minimum atomic E-state index is -1.26. The number of esters is 1. The van der Waals surface area contributed by atoms with E-state index in [-0.39, 0.29) is 32.4 Å². The Morgan fingerprint density at radius 3 is 2.35 bits per heavy atom. The topological polar surface area (TPSA) is 199 Å². The maximum absolute atomic E-state index is 13.5. The third-order valence-corrected chi connectivity index (χ3v) is 9.52. The van der Waals surface area contributed by atoms with Crippen LogP contribution in [0.25, 0.3) is 17.0 Å². The predicted molar refractivity (Wildman–Crippen MR) is 218 cm³/mol. The maximum Gasteiger partial charge on any atom is 0.435 e. The molecule has 326 valence electrons. The number of benzene rings is 1. The summed E-state index contributed by atoms with van der Waals surface area (Å²) < 4.78 is 39.9. The number of carbonyl (C=O) groups is 5. The van der Waals surface area contributed by atoms with E-state index in [0.29, 0.717) is 66.4 Å². The first-order valence-corrected chi connectivity index (χ1v) is 19.8. The Bertz CT molecular complexity index is 2080. The number of rotatable bonds is 13. The second kappa shape index (κ2) is 19.1. The summed E-state index contributed by atoms with van der Waals surface area (Å²) >= 11 is 0. The molecule has 1 spiro atoms. The lowest BCUT2D eigenvalue weighted by atomic mass is 9.83. The molecule has 1 atom stereocenters. The Labute approximate surface area is 349 Å². The first kappa shape index (κ1) is 45.3. The van der Waals surface area contributed by atoms with Gasteiger partial charge in [0.1, 0.15) is 22.6 Å². The van der Waals surface area contributed by atoms with Crippen molar-refractivity contribution in [3.63, 3.8) is 0 Å². The number of likely N-dealkylation sites (tertiary alicyclic amines) is 1. The SMILES string of the molecule is COC(=O)[C@@H](Cc1cc(C)c2c(cnn2C(=O)OC(C)(C)C)c1)OC(=O)N1CCC2(CC1)OC(=O)Nc1ncc(/C=C/COCCOCCN(C)C(=O)OC(C)(C)C)cc12. The highest BCUT2D eigenvalue weighted by molar-refractivity contribution is 5.91. The zero-order valence-electron chi connectivity index (χ0n) is 35.8. The van der Waals surface area contributed by atoms with Crippen LogP contribution in [-0.2, 0) is 50.0 Å². The second-order valence-electron chi connectivity index (χ2n) is 16.6. The quantitative estimate of drug-likeness (QED) is 0.116. The molecule has 5 rings (SSSR count). The van der Waals surface area contributed by atoms with Crippen LogP contribution in [0, 0.1) is 6.92 Å². The van der Waals surface area contributed by atoms with Gasteiger partial charge in [0.15, 0.2) is 0 Å². The fourth-order valence-corrected chi connectivity index (χ4v) is 6.71. The molecule has 2 aliphatic heterocycles. The molecule has 3 aromatic rings. The Balaban J connectivity index is 1.14. The Hall–Kier alpha value is -5.75. The molecule has 1 aromatic carbocycles. The highest BCUT2D eigenvalue weighted by Crippen LogP contribution is 2.43. The monoisotopic (exact) mass is 836 g/mol. The van der Waals surface area contributed by atoms with Crippen molar-refractivity contribution >= 4 is 53.1 Å². The summed E-state index contributed by atoms with van der Waals surface area (Å²) in [6.45, 7) is 14.6. The number of methoxy groups -OCH3 is 1. The molecule has 18 heteroatoms. The van der Waals surface area contributed by atoms with E-state index >= 15 is 0 Å². The standard InChI is InChI=1S/C42H56N6O12/c1-27-21-29(22-30-26-44-48(33(27)30)39(53)60-41(5,6)7)24-32(35(49)54-9)57-38(52)47-14-12-42(13-15-47)31-23-28(25-43-34(31)45-36(50)58-42)11-10-17-55-19-20-56-18-16-46(8)37(51)59-40(2,3)4/h10-11,21-23,25-26,32H,12-20,24H2,1-9H3,(H,43,45,50)/b11-10+/t32-/m1/s1. The van der Waals surface area contributed by atoms with Crippen molar-refractivity contribution in [3.8, 4) is 0 Å². The molecule has 2 aliphatic rings. The summed E-state index contributed by atoms with van der Waals surface area (Å²) in [6.07, 6.45) is 3.72. The minimum absolute atomic E-state index is 0.0111. The number of amides is 3. The van der Waals surface area contributed by atoms with Crippen molar-refractivity contribution in [3.05, 3.63) is 58.9 Å². The number of fused-ring (bicyclic) bond motifs is 3. The van der Waals surface area contributed by atoms with Crippen molar-refractivity contribution in [2.24, 2.45) is 0 Å². The number of aryl methyl sites for hydroxylation is 1. The lowest BCUT2D eigenvalue weighted by molar-refractivity contribution is -0.151. The van der Waals surface area contributed by atoms with Crippen molar-refractivity contribution in [2.75, 3.05) is 65.5 Å². The van der Waals surface area contributed by atoms with Crippen molar-refractivity contribution in [2.45, 2.75) is 90.6 Å². The summed E-state index contributed by atoms with van der Waals surface area (Å²) in [5, 5.41) is 7.53. The van der Waals surface area contributed by atoms with Crippen LogP contribution in [0.5, 0.6) is 0 Å². The summed E-state index contributed by atoms with van der Waals surface area (Å²) in [5.41, 5.74) is 1.05. The average molecular weight is 837 g/mol. The van der Waals surface area contributed by atoms with Crippen molar-refractivity contribution < 1.29 is 57.1 Å². The first-order valence-electron chi connectivity index (χ1n) is 19.8. The van der Waals surface area contributed by atoms with Gasteiger partial charge in [0.2, 0.25) is 6.10 Å². The van der Waals surface area contributed by atoms with Crippen LogP contribution in [0.2, 0.25) is 0 Å². The van der Waals surface area contributed by atoms with E-state index in [1.807, 2.05) is 45.9 Å². The number of anilines is 1. The van der Waals surface area contributed by atoms with E-state index in [4.69, 9.17) is 33.2 Å². The average Bonchev–Trinajstić information content (AvgIpc) is 3.60. The molecule has 18 nitrogen and oxygen atoms in total. The van der Waals surface area contributed by atoms with E-state index in [2.05, 4.69) is 15.4 Å². The molecular formula is C42H56N6O12. The first-order chi connectivity index (χ1) is 28.3. The molecule has 60 heavy (non-hydrogen) atoms. The van der Waals surface area contributed by atoms with Crippen molar-refractivity contribution in [1.29, 1.82) is 0 Å². The van der Waals surface area contributed by atoms with E-state index in [0.717, 1.165) is 5.56 Å². The smallest absolute Gasteiger partial charge is 0.435 e. The highest BCUT2D eigenvalue weighted by Gasteiger charge is 2.46. The van der Waals surface area contributed by atoms with Crippen LogP contribution in [-0.4, -0.2) is 132 Å². The number of likely N-dealkylation sites (N-methyl/N-ethyl adjacent to an activating group) is 1. The van der Waals surface area contributed by atoms with Crippen LogP contribution in [0.15, 0.2) is 36.7 Å². The van der Waals surface area contributed by atoms with E-state index in [1.54, 1.807) is 46.1 Å². The fourth-order valence-electron chi connectivity index (χ4n) is 6.71. The van der Waals surface area contributed by atoms with Gasteiger partial charge in [-0.2, -0.15) is 9.78 Å². The number of nitrogens with zero attached hydrogens (tertiary/aromatic N) is 5. The van der Waals surface area contributed by atoms with Crippen LogP contribution in [0.4, 0.5) is 25.0 Å². The molecular weight excluding hydrogens is 780 g/mol. The molecule has 1 N–H and O–H groups in total. The van der Waals surface area contributed by atoms with Gasteiger partial charge < -0.3 is 43.0 Å². The lowest BCUT2D eigenvalue weighted by Gasteiger charge is -2.43. The number of piperidine rings is 1. The molecule has 0 aliphatic carbocycles. The molecule has 0 bridgehead atoms. The van der Waals surface area contributed by atoms with Crippen LogP contribution < -0.4 is 5.32 Å². The van der Waals surface area contributed by atoms with E-state index in [9.17, 15) is 24.0 Å².